The van der Waals surface area contributed by atoms with Gasteiger partial charge in [-0.15, -0.1) is 0 Å². The Balaban J connectivity index is 2.37. The first-order valence-corrected chi connectivity index (χ1v) is 9.58. The predicted molar refractivity (Wildman–Crippen MR) is 109 cm³/mol. The van der Waals surface area contributed by atoms with Crippen LogP contribution in [0.2, 0.25) is 0 Å². The Bertz CT molecular complexity index is 890. The van der Waals surface area contributed by atoms with E-state index in [4.69, 9.17) is 4.74 Å². The number of nitrogens with zero attached hydrogens (tertiary/aromatic N) is 3. The third-order valence-electron chi connectivity index (χ3n) is 4.81. The Morgan fingerprint density at radius 2 is 1.83 bits per heavy atom. The van der Waals surface area contributed by atoms with Gasteiger partial charge in [0.1, 0.15) is 5.69 Å². The smallest absolute Gasteiger partial charge is 0.354 e. The first-order chi connectivity index (χ1) is 13.8. The van der Waals surface area contributed by atoms with Crippen LogP contribution in [0.5, 0.6) is 0 Å². The third kappa shape index (κ3) is 4.82. The summed E-state index contributed by atoms with van der Waals surface area (Å²) in [5, 5.41) is 2.75. The zero-order valence-corrected chi connectivity index (χ0v) is 17.6. The SMILES string of the molecule is CCNC(=O)N(CC(=O)c1c(C)c(C(=O)OC)n(CC)c1C)Cc1ccncc1. The lowest BCUT2D eigenvalue weighted by Gasteiger charge is -2.22. The summed E-state index contributed by atoms with van der Waals surface area (Å²) < 4.78 is 6.66. The molecule has 0 atom stereocenters. The van der Waals surface area contributed by atoms with Crippen LogP contribution in [0.1, 0.15) is 51.5 Å². The van der Waals surface area contributed by atoms with Crippen LogP contribution >= 0.6 is 0 Å². The number of aromatic nitrogens is 2. The molecular weight excluding hydrogens is 372 g/mol. The van der Waals surface area contributed by atoms with Crippen LogP contribution in [0.25, 0.3) is 0 Å². The normalized spacial score (nSPS) is 10.5. The highest BCUT2D eigenvalue weighted by molar-refractivity contribution is 6.04. The van der Waals surface area contributed by atoms with Crippen molar-refractivity contribution in [1.82, 2.24) is 19.8 Å². The second-order valence-electron chi connectivity index (χ2n) is 6.64. The Morgan fingerprint density at radius 3 is 2.38 bits per heavy atom. The van der Waals surface area contributed by atoms with Gasteiger partial charge in [0.15, 0.2) is 5.78 Å². The van der Waals surface area contributed by atoms with Crippen LogP contribution < -0.4 is 5.32 Å². The monoisotopic (exact) mass is 400 g/mol. The van der Waals surface area contributed by atoms with Crippen LogP contribution in [0.15, 0.2) is 24.5 Å². The molecule has 0 aliphatic rings. The second-order valence-corrected chi connectivity index (χ2v) is 6.64. The van der Waals surface area contributed by atoms with Crippen molar-refractivity contribution in [2.75, 3.05) is 20.2 Å². The van der Waals surface area contributed by atoms with E-state index in [0.717, 1.165) is 5.56 Å². The van der Waals surface area contributed by atoms with Gasteiger partial charge in [-0.1, -0.05) is 0 Å². The van der Waals surface area contributed by atoms with E-state index in [1.54, 1.807) is 42.9 Å². The molecule has 0 bridgehead atoms. The number of esters is 1. The average molecular weight is 400 g/mol. The molecule has 8 nitrogen and oxygen atoms in total. The highest BCUT2D eigenvalue weighted by atomic mass is 16.5. The van der Waals surface area contributed by atoms with E-state index in [-0.39, 0.29) is 24.9 Å². The van der Waals surface area contributed by atoms with Gasteiger partial charge in [-0.2, -0.15) is 0 Å². The molecule has 0 spiro atoms. The van der Waals surface area contributed by atoms with Gasteiger partial charge in [0.25, 0.3) is 0 Å². The van der Waals surface area contributed by atoms with E-state index in [9.17, 15) is 14.4 Å². The van der Waals surface area contributed by atoms with Crippen molar-refractivity contribution in [3.05, 3.63) is 52.6 Å². The van der Waals surface area contributed by atoms with Gasteiger partial charge < -0.3 is 19.5 Å². The standard InChI is InChI=1S/C21H28N4O4/c1-6-23-21(28)24(12-16-8-10-22-11-9-16)13-17(26)18-14(3)19(20(27)29-5)25(7-2)15(18)4/h8-11H,6-7,12-13H2,1-5H3,(H,23,28). The largest absolute Gasteiger partial charge is 0.464 e. The molecule has 8 heteroatoms. The molecule has 0 fully saturated rings. The zero-order chi connectivity index (χ0) is 21.6. The molecular formula is C21H28N4O4. The van der Waals surface area contributed by atoms with Gasteiger partial charge in [0, 0.05) is 43.3 Å². The summed E-state index contributed by atoms with van der Waals surface area (Å²) in [5.74, 6) is -0.707. The molecule has 0 aliphatic heterocycles. The van der Waals surface area contributed by atoms with E-state index in [0.29, 0.717) is 35.6 Å². The van der Waals surface area contributed by atoms with Gasteiger partial charge >= 0.3 is 12.0 Å². The number of pyridine rings is 1. The number of hydrogen-bond acceptors (Lipinski definition) is 5. The molecule has 0 saturated carbocycles. The number of ether oxygens (including phenoxy) is 1. The fourth-order valence-electron chi connectivity index (χ4n) is 3.48. The predicted octanol–water partition coefficient (Wildman–Crippen LogP) is 2.72. The maximum Gasteiger partial charge on any atom is 0.354 e. The third-order valence-corrected chi connectivity index (χ3v) is 4.81. The lowest BCUT2D eigenvalue weighted by Crippen LogP contribution is -2.42. The number of urea groups is 1. The van der Waals surface area contributed by atoms with Crippen LogP contribution in [-0.4, -0.2) is 52.4 Å². The molecule has 1 N–H and O–H groups in total. The number of amides is 2. The van der Waals surface area contributed by atoms with Crippen molar-refractivity contribution in [2.24, 2.45) is 0 Å². The average Bonchev–Trinajstić information content (AvgIpc) is 2.97. The number of nitrogens with one attached hydrogen (secondary N) is 1. The molecule has 156 valence electrons. The summed E-state index contributed by atoms with van der Waals surface area (Å²) in [6.07, 6.45) is 3.29. The summed E-state index contributed by atoms with van der Waals surface area (Å²) in [4.78, 5) is 43.4. The molecule has 0 radical (unpaired) electrons. The van der Waals surface area contributed by atoms with Crippen LogP contribution in [-0.2, 0) is 17.8 Å². The van der Waals surface area contributed by atoms with Crippen molar-refractivity contribution in [2.45, 2.75) is 40.8 Å². The molecule has 2 heterocycles. The lowest BCUT2D eigenvalue weighted by atomic mass is 10.0. The van der Waals surface area contributed by atoms with Crippen LogP contribution in [0, 0.1) is 13.8 Å². The van der Waals surface area contributed by atoms with Crippen LogP contribution in [0.3, 0.4) is 0 Å². The molecule has 0 saturated heterocycles. The van der Waals surface area contributed by atoms with Gasteiger partial charge in [0.2, 0.25) is 0 Å². The minimum atomic E-state index is -0.483. The summed E-state index contributed by atoms with van der Waals surface area (Å²) in [7, 11) is 1.32. The number of rotatable bonds is 8. The molecule has 0 unspecified atom stereocenters. The maximum atomic E-state index is 13.2. The minimum Gasteiger partial charge on any atom is -0.464 e. The number of methoxy groups -OCH3 is 1. The molecule has 2 amide bonds. The molecule has 2 aromatic rings. The van der Waals surface area contributed by atoms with Gasteiger partial charge in [-0.3, -0.25) is 9.78 Å². The van der Waals surface area contributed by atoms with Crippen molar-refractivity contribution in [1.29, 1.82) is 0 Å². The number of ketones is 1. The van der Waals surface area contributed by atoms with Gasteiger partial charge in [-0.25, -0.2) is 9.59 Å². The molecule has 0 aliphatic carbocycles. The van der Waals surface area contributed by atoms with Gasteiger partial charge in [0.05, 0.1) is 13.7 Å². The van der Waals surface area contributed by atoms with Gasteiger partial charge in [-0.05, 0) is 51.0 Å². The number of carbonyl (C=O) groups is 3. The summed E-state index contributed by atoms with van der Waals surface area (Å²) >= 11 is 0. The fourth-order valence-corrected chi connectivity index (χ4v) is 3.48. The van der Waals surface area contributed by atoms with E-state index in [2.05, 4.69) is 10.3 Å². The van der Waals surface area contributed by atoms with E-state index < -0.39 is 5.97 Å². The Kier molecular flexibility index (Phi) is 7.52. The highest BCUT2D eigenvalue weighted by Crippen LogP contribution is 2.24. The summed E-state index contributed by atoms with van der Waals surface area (Å²) in [6, 6.07) is 3.28. The van der Waals surface area contributed by atoms with Crippen molar-refractivity contribution in [3.8, 4) is 0 Å². The molecule has 29 heavy (non-hydrogen) atoms. The fraction of sp³-hybridized carbons (Fsp3) is 0.429. The first-order valence-electron chi connectivity index (χ1n) is 9.58. The minimum absolute atomic E-state index is 0.107. The van der Waals surface area contributed by atoms with Crippen molar-refractivity contribution in [3.63, 3.8) is 0 Å². The maximum absolute atomic E-state index is 13.2. The number of Topliss-reactive ketones (excluding diaryl/α,β-unsaturated/α-hetero) is 1. The Morgan fingerprint density at radius 1 is 1.17 bits per heavy atom. The Labute approximate surface area is 170 Å². The second kappa shape index (κ2) is 9.86. The Hall–Kier alpha value is -3.16. The van der Waals surface area contributed by atoms with E-state index >= 15 is 0 Å². The lowest BCUT2D eigenvalue weighted by molar-refractivity contribution is 0.0587. The van der Waals surface area contributed by atoms with E-state index in [1.807, 2.05) is 13.8 Å². The molecule has 0 aromatic carbocycles. The number of hydrogen-bond donors (Lipinski definition) is 1. The number of carbonyl (C=O) groups excluding carboxylic acids is 3. The van der Waals surface area contributed by atoms with Crippen molar-refractivity contribution >= 4 is 17.8 Å². The molecule has 2 rings (SSSR count). The zero-order valence-electron chi connectivity index (χ0n) is 17.6. The van der Waals surface area contributed by atoms with Crippen LogP contribution in [0.4, 0.5) is 4.79 Å². The topological polar surface area (TPSA) is 93.5 Å². The summed E-state index contributed by atoms with van der Waals surface area (Å²) in [6.45, 7) is 8.41. The highest BCUT2D eigenvalue weighted by Gasteiger charge is 2.28. The summed E-state index contributed by atoms with van der Waals surface area (Å²) in [5.41, 5.74) is 2.95. The van der Waals surface area contributed by atoms with E-state index in [1.165, 1.54) is 12.0 Å². The molecule has 2 aromatic heterocycles. The first kappa shape index (κ1) is 22.1. The quantitative estimate of drug-likeness (QED) is 0.543. The van der Waals surface area contributed by atoms with Crippen molar-refractivity contribution < 1.29 is 19.1 Å².